The number of carbonyl (C=O) groups is 2. The number of amides is 2. The maximum Gasteiger partial charge on any atom is 0.241 e. The molecule has 2 amide bonds. The molecule has 1 aromatic carbocycles. The molecule has 3 rings (SSSR count). The minimum Gasteiger partial charge on any atom is -0.376 e. The summed E-state index contributed by atoms with van der Waals surface area (Å²) in [7, 11) is 0. The Balaban J connectivity index is 1.43. The van der Waals surface area contributed by atoms with Crippen LogP contribution in [-0.2, 0) is 9.59 Å². The first-order valence-electron chi connectivity index (χ1n) is 7.59. The van der Waals surface area contributed by atoms with Crippen LogP contribution in [0.25, 0.3) is 0 Å². The lowest BCUT2D eigenvalue weighted by molar-refractivity contribution is -0.139. The third-order valence-corrected chi connectivity index (χ3v) is 4.09. The van der Waals surface area contributed by atoms with Crippen LogP contribution < -0.4 is 5.32 Å². The molecule has 1 saturated carbocycles. The third-order valence-electron chi connectivity index (χ3n) is 4.09. The Kier molecular flexibility index (Phi) is 4.08. The molecule has 5 heteroatoms. The Bertz CT molecular complexity index is 506. The van der Waals surface area contributed by atoms with E-state index in [1.807, 2.05) is 40.1 Å². The van der Waals surface area contributed by atoms with E-state index in [0.717, 1.165) is 18.5 Å². The van der Waals surface area contributed by atoms with Crippen LogP contribution in [0.1, 0.15) is 12.8 Å². The quantitative estimate of drug-likeness (QED) is 0.905. The lowest BCUT2D eigenvalue weighted by atomic mass is 10.2. The predicted octanol–water partition coefficient (Wildman–Crippen LogP) is 1.18. The van der Waals surface area contributed by atoms with E-state index in [-0.39, 0.29) is 17.7 Å². The second kappa shape index (κ2) is 6.16. The van der Waals surface area contributed by atoms with Crippen molar-refractivity contribution in [1.29, 1.82) is 0 Å². The molecule has 0 radical (unpaired) electrons. The maximum absolute atomic E-state index is 12.2. The molecule has 2 fully saturated rings. The first-order chi connectivity index (χ1) is 10.2. The number of nitrogens with one attached hydrogen (secondary N) is 1. The number of hydrogen-bond acceptors (Lipinski definition) is 3. The van der Waals surface area contributed by atoms with Gasteiger partial charge < -0.3 is 15.1 Å². The number of para-hydroxylation sites is 1. The molecular formula is C16H21N3O2. The molecule has 21 heavy (non-hydrogen) atoms. The van der Waals surface area contributed by atoms with E-state index in [9.17, 15) is 9.59 Å². The van der Waals surface area contributed by atoms with Gasteiger partial charge in [-0.05, 0) is 25.0 Å². The summed E-state index contributed by atoms with van der Waals surface area (Å²) in [4.78, 5) is 27.9. The maximum atomic E-state index is 12.2. The van der Waals surface area contributed by atoms with Crippen molar-refractivity contribution in [3.05, 3.63) is 30.3 Å². The summed E-state index contributed by atoms with van der Waals surface area (Å²) in [5, 5.41) is 3.13. The Morgan fingerprint density at radius 2 is 1.62 bits per heavy atom. The van der Waals surface area contributed by atoms with Gasteiger partial charge in [-0.3, -0.25) is 9.59 Å². The molecular weight excluding hydrogens is 266 g/mol. The molecule has 0 atom stereocenters. The fourth-order valence-corrected chi connectivity index (χ4v) is 2.61. The van der Waals surface area contributed by atoms with Crippen LogP contribution in [0, 0.1) is 5.92 Å². The van der Waals surface area contributed by atoms with E-state index < -0.39 is 0 Å². The Hall–Kier alpha value is -2.04. The minimum absolute atomic E-state index is 0.0948. The van der Waals surface area contributed by atoms with E-state index in [2.05, 4.69) is 5.32 Å². The van der Waals surface area contributed by atoms with Gasteiger partial charge in [-0.15, -0.1) is 0 Å². The van der Waals surface area contributed by atoms with Gasteiger partial charge in [0.05, 0.1) is 6.54 Å². The van der Waals surface area contributed by atoms with Crippen molar-refractivity contribution in [3.8, 4) is 0 Å². The summed E-state index contributed by atoms with van der Waals surface area (Å²) in [6.07, 6.45) is 2.08. The summed E-state index contributed by atoms with van der Waals surface area (Å²) in [5.41, 5.74) is 0.952. The van der Waals surface area contributed by atoms with Crippen LogP contribution >= 0.6 is 0 Å². The van der Waals surface area contributed by atoms with Gasteiger partial charge in [0.25, 0.3) is 0 Å². The minimum atomic E-state index is 0.0948. The monoisotopic (exact) mass is 287 g/mol. The van der Waals surface area contributed by atoms with E-state index in [4.69, 9.17) is 0 Å². The molecule has 1 N–H and O–H groups in total. The lowest BCUT2D eigenvalue weighted by Gasteiger charge is -2.35. The topological polar surface area (TPSA) is 52.7 Å². The molecule has 1 aromatic rings. The summed E-state index contributed by atoms with van der Waals surface area (Å²) < 4.78 is 0. The molecule has 2 aliphatic rings. The summed E-state index contributed by atoms with van der Waals surface area (Å²) in [6, 6.07) is 9.71. The predicted molar refractivity (Wildman–Crippen MR) is 80.8 cm³/mol. The Morgan fingerprint density at radius 3 is 2.24 bits per heavy atom. The van der Waals surface area contributed by atoms with E-state index in [0.29, 0.717) is 32.7 Å². The zero-order valence-corrected chi connectivity index (χ0v) is 12.1. The number of hydrogen-bond donors (Lipinski definition) is 1. The van der Waals surface area contributed by atoms with Crippen LogP contribution in [0.4, 0.5) is 5.69 Å². The smallest absolute Gasteiger partial charge is 0.241 e. The largest absolute Gasteiger partial charge is 0.376 e. The van der Waals surface area contributed by atoms with Crippen molar-refractivity contribution in [1.82, 2.24) is 9.80 Å². The van der Waals surface area contributed by atoms with E-state index in [1.54, 1.807) is 0 Å². The first kappa shape index (κ1) is 13.9. The summed E-state index contributed by atoms with van der Waals surface area (Å²) >= 11 is 0. The van der Waals surface area contributed by atoms with Gasteiger partial charge >= 0.3 is 0 Å². The highest BCUT2D eigenvalue weighted by Gasteiger charge is 2.35. The summed E-state index contributed by atoms with van der Waals surface area (Å²) in [6.45, 7) is 2.95. The molecule has 1 aliphatic carbocycles. The highest BCUT2D eigenvalue weighted by molar-refractivity contribution is 5.83. The molecule has 0 unspecified atom stereocenters. The van der Waals surface area contributed by atoms with Gasteiger partial charge in [-0.2, -0.15) is 0 Å². The van der Waals surface area contributed by atoms with Gasteiger partial charge in [-0.1, -0.05) is 18.2 Å². The Labute approximate surface area is 124 Å². The van der Waals surface area contributed by atoms with Crippen molar-refractivity contribution in [2.75, 3.05) is 38.0 Å². The second-order valence-corrected chi connectivity index (χ2v) is 5.70. The van der Waals surface area contributed by atoms with Crippen molar-refractivity contribution < 1.29 is 9.59 Å². The number of benzene rings is 1. The zero-order valence-electron chi connectivity index (χ0n) is 12.1. The number of piperazine rings is 1. The van der Waals surface area contributed by atoms with Crippen molar-refractivity contribution >= 4 is 17.5 Å². The van der Waals surface area contributed by atoms with Crippen molar-refractivity contribution in [3.63, 3.8) is 0 Å². The molecule has 0 aromatic heterocycles. The van der Waals surface area contributed by atoms with Crippen LogP contribution in [0.2, 0.25) is 0 Å². The normalized spacial score (nSPS) is 18.5. The van der Waals surface area contributed by atoms with Gasteiger partial charge in [0.1, 0.15) is 0 Å². The molecule has 0 spiro atoms. The molecule has 0 bridgehead atoms. The lowest BCUT2D eigenvalue weighted by Crippen LogP contribution is -2.52. The SMILES string of the molecule is O=C(CNc1ccccc1)N1CCN(C(=O)C2CC2)CC1. The van der Waals surface area contributed by atoms with Crippen molar-refractivity contribution in [2.45, 2.75) is 12.8 Å². The summed E-state index contributed by atoms with van der Waals surface area (Å²) in [5.74, 6) is 0.647. The van der Waals surface area contributed by atoms with Crippen LogP contribution in [0.15, 0.2) is 30.3 Å². The third kappa shape index (κ3) is 3.54. The highest BCUT2D eigenvalue weighted by atomic mass is 16.2. The second-order valence-electron chi connectivity index (χ2n) is 5.70. The van der Waals surface area contributed by atoms with Crippen LogP contribution in [0.5, 0.6) is 0 Å². The molecule has 5 nitrogen and oxygen atoms in total. The standard InChI is InChI=1S/C16H21N3O2/c20-15(12-17-14-4-2-1-3-5-14)18-8-10-19(11-9-18)16(21)13-6-7-13/h1-5,13,17H,6-12H2. The average molecular weight is 287 g/mol. The zero-order chi connectivity index (χ0) is 14.7. The van der Waals surface area contributed by atoms with Gasteiger partial charge in [0.15, 0.2) is 0 Å². The van der Waals surface area contributed by atoms with Gasteiger partial charge in [0.2, 0.25) is 11.8 Å². The number of rotatable bonds is 4. The van der Waals surface area contributed by atoms with Crippen molar-refractivity contribution in [2.24, 2.45) is 5.92 Å². The first-order valence-corrected chi connectivity index (χ1v) is 7.59. The highest BCUT2D eigenvalue weighted by Crippen LogP contribution is 2.31. The van der Waals surface area contributed by atoms with Crippen LogP contribution in [0.3, 0.4) is 0 Å². The van der Waals surface area contributed by atoms with Gasteiger partial charge in [0, 0.05) is 37.8 Å². The Morgan fingerprint density at radius 1 is 1.00 bits per heavy atom. The molecule has 112 valence electrons. The van der Waals surface area contributed by atoms with E-state index in [1.165, 1.54) is 0 Å². The molecule has 1 saturated heterocycles. The van der Waals surface area contributed by atoms with E-state index >= 15 is 0 Å². The average Bonchev–Trinajstić information content (AvgIpc) is 3.38. The fraction of sp³-hybridized carbons (Fsp3) is 0.500. The molecule has 1 heterocycles. The number of carbonyl (C=O) groups excluding carboxylic acids is 2. The van der Waals surface area contributed by atoms with Gasteiger partial charge in [-0.25, -0.2) is 0 Å². The fourth-order valence-electron chi connectivity index (χ4n) is 2.61. The number of nitrogens with zero attached hydrogens (tertiary/aromatic N) is 2. The van der Waals surface area contributed by atoms with Crippen LogP contribution in [-0.4, -0.2) is 54.3 Å². The number of anilines is 1. The molecule has 1 aliphatic heterocycles.